The minimum Gasteiger partial charge on any atom is -0.390 e. The summed E-state index contributed by atoms with van der Waals surface area (Å²) in [5.74, 6) is 4.83. The Morgan fingerprint density at radius 2 is 1.75 bits per heavy atom. The number of halogens is 1. The lowest BCUT2D eigenvalue weighted by Gasteiger charge is -2.56. The van der Waals surface area contributed by atoms with Gasteiger partial charge in [-0.25, -0.2) is 0 Å². The summed E-state index contributed by atoms with van der Waals surface area (Å²) in [6, 6.07) is 0. The Labute approximate surface area is 155 Å². The Kier molecular flexibility index (Phi) is 4.44. The lowest BCUT2D eigenvalue weighted by atomic mass is 9.49. The van der Waals surface area contributed by atoms with E-state index in [0.717, 1.165) is 48.9 Å². The lowest BCUT2D eigenvalue weighted by Crippen LogP contribution is -2.51. The van der Waals surface area contributed by atoms with Crippen LogP contribution in [0.4, 0.5) is 0 Å². The molecule has 0 aromatic rings. The fourth-order valence-corrected chi connectivity index (χ4v) is 8.09. The Hall–Kier alpha value is 0.110. The molecule has 4 aliphatic carbocycles. The van der Waals surface area contributed by atoms with Gasteiger partial charge in [-0.05, 0) is 99.7 Å². The zero-order chi connectivity index (χ0) is 17.1. The van der Waals surface area contributed by atoms with Crippen LogP contribution in [-0.4, -0.2) is 21.8 Å². The van der Waals surface area contributed by atoms with Gasteiger partial charge in [-0.15, -0.1) is 0 Å². The highest BCUT2D eigenvalue weighted by Crippen LogP contribution is 2.64. The fourth-order valence-electron chi connectivity index (χ4n) is 7.70. The molecular formula is C21H33BrO2. The van der Waals surface area contributed by atoms with Crippen molar-refractivity contribution in [1.29, 1.82) is 0 Å². The molecular weight excluding hydrogens is 364 g/mol. The Morgan fingerprint density at radius 3 is 2.50 bits per heavy atom. The van der Waals surface area contributed by atoms with E-state index in [1.165, 1.54) is 38.5 Å². The number of hydrogen-bond acceptors (Lipinski definition) is 2. The van der Waals surface area contributed by atoms with Gasteiger partial charge >= 0.3 is 0 Å². The van der Waals surface area contributed by atoms with E-state index in [-0.39, 0.29) is 5.41 Å². The van der Waals surface area contributed by atoms with Crippen molar-refractivity contribution in [2.24, 2.45) is 40.9 Å². The second-order valence-electron chi connectivity index (χ2n) is 9.95. The molecule has 4 aliphatic rings. The maximum absolute atomic E-state index is 12.5. The molecule has 4 rings (SSSR count). The van der Waals surface area contributed by atoms with Crippen molar-refractivity contribution < 1.29 is 9.90 Å². The van der Waals surface area contributed by atoms with Gasteiger partial charge in [-0.2, -0.15) is 0 Å². The molecule has 7 unspecified atom stereocenters. The monoisotopic (exact) mass is 396 g/mol. The maximum Gasteiger partial charge on any atom is 0.147 e. The Bertz CT molecular complexity index is 516. The van der Waals surface area contributed by atoms with Crippen LogP contribution in [0.2, 0.25) is 0 Å². The van der Waals surface area contributed by atoms with E-state index in [0.29, 0.717) is 17.0 Å². The van der Waals surface area contributed by atoms with Crippen LogP contribution in [0.3, 0.4) is 0 Å². The van der Waals surface area contributed by atoms with Crippen LogP contribution >= 0.6 is 15.9 Å². The summed E-state index contributed by atoms with van der Waals surface area (Å²) in [7, 11) is 0. The molecule has 2 nitrogen and oxygen atoms in total. The van der Waals surface area contributed by atoms with E-state index in [1.54, 1.807) is 0 Å². The average molecular weight is 397 g/mol. The van der Waals surface area contributed by atoms with Crippen LogP contribution in [0.5, 0.6) is 0 Å². The molecule has 0 bridgehead atoms. The van der Waals surface area contributed by atoms with Crippen LogP contribution in [0, 0.1) is 40.9 Å². The first kappa shape index (κ1) is 17.5. The third-order valence-electron chi connectivity index (χ3n) is 8.76. The quantitative estimate of drug-likeness (QED) is 0.668. The van der Waals surface area contributed by atoms with Gasteiger partial charge in [-0.3, -0.25) is 4.79 Å². The number of aliphatic hydroxyl groups is 1. The molecule has 0 saturated heterocycles. The van der Waals surface area contributed by atoms with Gasteiger partial charge in [0.2, 0.25) is 0 Å². The molecule has 136 valence electrons. The van der Waals surface area contributed by atoms with E-state index in [1.807, 2.05) is 6.92 Å². The van der Waals surface area contributed by atoms with Crippen LogP contribution in [0.15, 0.2) is 0 Å². The molecule has 1 N–H and O–H groups in total. The predicted octanol–water partition coefficient (Wildman–Crippen LogP) is 4.97. The molecule has 0 heterocycles. The van der Waals surface area contributed by atoms with Gasteiger partial charge < -0.3 is 5.11 Å². The lowest BCUT2D eigenvalue weighted by molar-refractivity contribution is -0.129. The van der Waals surface area contributed by atoms with Crippen LogP contribution < -0.4 is 0 Å². The molecule has 0 aromatic heterocycles. The van der Waals surface area contributed by atoms with E-state index in [9.17, 15) is 9.90 Å². The first-order chi connectivity index (χ1) is 11.4. The topological polar surface area (TPSA) is 37.3 Å². The number of rotatable bonds is 2. The summed E-state index contributed by atoms with van der Waals surface area (Å²) >= 11 is 3.42. The van der Waals surface area contributed by atoms with Crippen molar-refractivity contribution in [3.63, 3.8) is 0 Å². The summed E-state index contributed by atoms with van der Waals surface area (Å²) in [5.41, 5.74) is -0.156. The maximum atomic E-state index is 12.5. The van der Waals surface area contributed by atoms with Gasteiger partial charge in [0.1, 0.15) is 5.78 Å². The summed E-state index contributed by atoms with van der Waals surface area (Å²) in [5, 5.41) is 11.0. The summed E-state index contributed by atoms with van der Waals surface area (Å²) < 4.78 is 0. The SMILES string of the molecule is CC12CCC3C4CC[C@](C)(O)CC4CCC3C1CCC2C(=O)CBr. The summed E-state index contributed by atoms with van der Waals surface area (Å²) in [4.78, 5) is 12.5. The highest BCUT2D eigenvalue weighted by molar-refractivity contribution is 9.09. The van der Waals surface area contributed by atoms with Crippen molar-refractivity contribution >= 4 is 21.7 Å². The standard InChI is InChI=1S/C21H33BrO2/c1-20(24)9-7-14-13(11-20)3-4-16-15(14)8-10-21(2)17(16)5-6-18(21)19(23)12-22/h13-18,24H,3-12H2,1-2H3/t13?,14?,15?,16?,17?,18?,20-,21?/m0/s1. The van der Waals surface area contributed by atoms with E-state index < -0.39 is 5.60 Å². The third-order valence-corrected chi connectivity index (χ3v) is 9.31. The molecule has 0 spiro atoms. The van der Waals surface area contributed by atoms with Gasteiger partial charge in [0.25, 0.3) is 0 Å². The highest BCUT2D eigenvalue weighted by atomic mass is 79.9. The normalized spacial score (nSPS) is 53.8. The largest absolute Gasteiger partial charge is 0.390 e. The predicted molar refractivity (Wildman–Crippen MR) is 100 cm³/mol. The number of carbonyl (C=O) groups is 1. The average Bonchev–Trinajstić information content (AvgIpc) is 2.90. The molecule has 0 aromatic carbocycles. The van der Waals surface area contributed by atoms with Gasteiger partial charge in [0.05, 0.1) is 10.9 Å². The van der Waals surface area contributed by atoms with E-state index in [4.69, 9.17) is 0 Å². The number of Topliss-reactive ketones (excluding diaryl/α,β-unsaturated/α-hetero) is 1. The van der Waals surface area contributed by atoms with Crippen LogP contribution in [0.1, 0.15) is 71.6 Å². The van der Waals surface area contributed by atoms with Crippen molar-refractivity contribution in [2.75, 3.05) is 5.33 Å². The van der Waals surface area contributed by atoms with E-state index in [2.05, 4.69) is 22.9 Å². The smallest absolute Gasteiger partial charge is 0.147 e. The Balaban J connectivity index is 1.54. The van der Waals surface area contributed by atoms with Gasteiger partial charge in [-0.1, -0.05) is 22.9 Å². The van der Waals surface area contributed by atoms with Crippen molar-refractivity contribution in [2.45, 2.75) is 77.2 Å². The van der Waals surface area contributed by atoms with Crippen molar-refractivity contribution in [1.82, 2.24) is 0 Å². The second-order valence-corrected chi connectivity index (χ2v) is 10.5. The zero-order valence-electron chi connectivity index (χ0n) is 15.3. The molecule has 0 aliphatic heterocycles. The van der Waals surface area contributed by atoms with Crippen LogP contribution in [0.25, 0.3) is 0 Å². The Morgan fingerprint density at radius 1 is 1.00 bits per heavy atom. The van der Waals surface area contributed by atoms with Crippen molar-refractivity contribution in [3.8, 4) is 0 Å². The molecule has 8 atom stereocenters. The van der Waals surface area contributed by atoms with Crippen LogP contribution in [-0.2, 0) is 4.79 Å². The van der Waals surface area contributed by atoms with Crippen molar-refractivity contribution in [3.05, 3.63) is 0 Å². The number of hydrogen-bond donors (Lipinski definition) is 1. The molecule has 24 heavy (non-hydrogen) atoms. The molecule has 4 fully saturated rings. The minimum atomic E-state index is -0.419. The third kappa shape index (κ3) is 2.64. The second kappa shape index (κ2) is 6.08. The fraction of sp³-hybridized carbons (Fsp3) is 0.952. The number of carbonyl (C=O) groups excluding carboxylic acids is 1. The summed E-state index contributed by atoms with van der Waals surface area (Å²) in [6.45, 7) is 4.48. The first-order valence-corrected chi connectivity index (χ1v) is 11.3. The number of ketones is 1. The molecule has 0 amide bonds. The van der Waals surface area contributed by atoms with Gasteiger partial charge in [0.15, 0.2) is 0 Å². The van der Waals surface area contributed by atoms with Gasteiger partial charge in [0, 0.05) is 5.92 Å². The number of fused-ring (bicyclic) bond motifs is 5. The molecule has 0 radical (unpaired) electrons. The zero-order valence-corrected chi connectivity index (χ0v) is 16.9. The first-order valence-electron chi connectivity index (χ1n) is 10.2. The molecule has 3 heteroatoms. The molecule has 4 saturated carbocycles. The van der Waals surface area contributed by atoms with E-state index >= 15 is 0 Å². The highest BCUT2D eigenvalue weighted by Gasteiger charge is 2.58. The minimum absolute atomic E-state index is 0.263. The summed E-state index contributed by atoms with van der Waals surface area (Å²) in [6.07, 6.45) is 10.9. The number of alkyl halides is 1.